The summed E-state index contributed by atoms with van der Waals surface area (Å²) in [5, 5.41) is 0. The Bertz CT molecular complexity index is 1590. The van der Waals surface area contributed by atoms with Crippen LogP contribution in [0, 0.1) is 0 Å². The molecule has 0 aliphatic heterocycles. The van der Waals surface area contributed by atoms with Crippen molar-refractivity contribution in [2.24, 2.45) is 0 Å². The predicted molar refractivity (Wildman–Crippen MR) is 149 cm³/mol. The van der Waals surface area contributed by atoms with E-state index in [2.05, 4.69) is 9.58 Å². The van der Waals surface area contributed by atoms with Crippen molar-refractivity contribution < 1.29 is 43.3 Å². The first-order chi connectivity index (χ1) is 18.8. The highest BCUT2D eigenvalue weighted by atomic mass is 32.3. The first-order valence-electron chi connectivity index (χ1n) is 12.3. The second kappa shape index (κ2) is 14.1. The molecule has 2 aromatic carbocycles. The lowest BCUT2D eigenvalue weighted by atomic mass is 10.1. The van der Waals surface area contributed by atoms with Crippen LogP contribution in [0.3, 0.4) is 0 Å². The van der Waals surface area contributed by atoms with E-state index in [0.29, 0.717) is 12.8 Å². The van der Waals surface area contributed by atoms with Gasteiger partial charge in [0.2, 0.25) is 0 Å². The molecule has 0 radical (unpaired) electrons. The smallest absolute Gasteiger partial charge is 0.359 e. The highest BCUT2D eigenvalue weighted by Crippen LogP contribution is 2.28. The summed E-state index contributed by atoms with van der Waals surface area (Å²) in [5.41, 5.74) is 19.1. The molecule has 12 nitrogen and oxygen atoms in total. The second-order valence-electron chi connectivity index (χ2n) is 8.79. The molecule has 0 unspecified atom stereocenters. The third kappa shape index (κ3) is 7.39. The van der Waals surface area contributed by atoms with Gasteiger partial charge in [0.05, 0.1) is 9.79 Å². The molecule has 0 N–H and O–H groups in total. The van der Waals surface area contributed by atoms with Crippen molar-refractivity contribution in [3.05, 3.63) is 71.7 Å². The Hall–Kier alpha value is -3.00. The number of benzene rings is 2. The summed E-state index contributed by atoms with van der Waals surface area (Å²) in [4.78, 5) is 3.69. The minimum atomic E-state index is -5.61. The van der Waals surface area contributed by atoms with E-state index in [1.165, 1.54) is 36.4 Å². The maximum Gasteiger partial charge on any atom is 0.500 e. The molecule has 0 aliphatic carbocycles. The van der Waals surface area contributed by atoms with Crippen LogP contribution < -0.4 is 0 Å². The fourth-order valence-electron chi connectivity index (χ4n) is 3.90. The molecule has 0 spiro atoms. The summed E-state index contributed by atoms with van der Waals surface area (Å²) in [6.45, 7) is 2.02. The van der Waals surface area contributed by atoms with Gasteiger partial charge in [0, 0.05) is 0 Å². The molecule has 16 heteroatoms. The lowest BCUT2D eigenvalue weighted by molar-refractivity contribution is 0.00376. The number of rotatable bonds is 12. The van der Waals surface area contributed by atoms with Crippen molar-refractivity contribution in [2.45, 2.75) is 72.7 Å². The van der Waals surface area contributed by atoms with E-state index in [4.69, 9.17) is 0 Å². The Kier molecular flexibility index (Phi) is 11.7. The van der Waals surface area contributed by atoms with E-state index >= 15 is 0 Å². The van der Waals surface area contributed by atoms with Crippen LogP contribution >= 0.6 is 0 Å². The second-order valence-corrected chi connectivity index (χ2v) is 17.4. The molecule has 218 valence electrons. The Morgan fingerprint density at radius 1 is 0.600 bits per heavy atom. The van der Waals surface area contributed by atoms with Gasteiger partial charge in [-0.2, -0.15) is 0 Å². The highest BCUT2D eigenvalue weighted by Gasteiger charge is 2.58. The van der Waals surface area contributed by atoms with Gasteiger partial charge in [-0.1, -0.05) is 88.3 Å². The SMILES string of the molecule is CCCCCCCCCC(S(=O)(=O)C(=[N+]=[N-])S(=O)(=O)c1ccccc1)S(=O)(=O)C(=[N+]=[N-])S(=O)(=O)c1ccccc1. The third-order valence-electron chi connectivity index (χ3n) is 5.95. The van der Waals surface area contributed by atoms with Crippen LogP contribution in [0.25, 0.3) is 11.1 Å². The van der Waals surface area contributed by atoms with Crippen LogP contribution in [0.15, 0.2) is 70.5 Å². The highest BCUT2D eigenvalue weighted by molar-refractivity contribution is 8.39. The van der Waals surface area contributed by atoms with Gasteiger partial charge in [0.25, 0.3) is 39.3 Å². The van der Waals surface area contributed by atoms with Gasteiger partial charge in [-0.15, -0.1) is 9.58 Å². The third-order valence-corrected chi connectivity index (χ3v) is 16.0. The van der Waals surface area contributed by atoms with Crippen LogP contribution in [-0.4, -0.2) is 56.6 Å². The largest absolute Gasteiger partial charge is 0.500 e. The van der Waals surface area contributed by atoms with Crippen LogP contribution in [0.4, 0.5) is 0 Å². The van der Waals surface area contributed by atoms with Gasteiger partial charge in [0.1, 0.15) is 0 Å². The van der Waals surface area contributed by atoms with Crippen molar-refractivity contribution in [3.63, 3.8) is 0 Å². The average Bonchev–Trinajstić information content (AvgIpc) is 2.91. The number of unbranched alkanes of at least 4 members (excludes halogenated alkanes) is 6. The van der Waals surface area contributed by atoms with Gasteiger partial charge >= 0.3 is 8.75 Å². The van der Waals surface area contributed by atoms with E-state index in [9.17, 15) is 44.7 Å². The summed E-state index contributed by atoms with van der Waals surface area (Å²) >= 11 is 0. The molecule has 2 rings (SSSR count). The molecule has 0 heterocycles. The van der Waals surface area contributed by atoms with E-state index in [1.54, 1.807) is 0 Å². The molecule has 0 atom stereocenters. The molecular weight excluding hydrogens is 601 g/mol. The van der Waals surface area contributed by atoms with Gasteiger partial charge < -0.3 is 11.1 Å². The molecule has 0 amide bonds. The lowest BCUT2D eigenvalue weighted by Gasteiger charge is -2.14. The molecule has 0 bridgehead atoms. The normalized spacial score (nSPS) is 13.1. The molecule has 0 aliphatic rings. The van der Waals surface area contributed by atoms with Crippen molar-refractivity contribution in [3.8, 4) is 0 Å². The van der Waals surface area contributed by atoms with Crippen LogP contribution in [-0.2, 0) is 39.3 Å². The summed E-state index contributed by atoms with van der Waals surface area (Å²) in [5.74, 6) is 0. The number of nitrogens with zero attached hydrogens (tertiary/aromatic N) is 4. The van der Waals surface area contributed by atoms with E-state index in [0.717, 1.165) is 49.9 Å². The van der Waals surface area contributed by atoms with E-state index in [-0.39, 0.29) is 6.42 Å². The Labute approximate surface area is 235 Å². The molecule has 0 aromatic heterocycles. The number of hydrogen-bond donors (Lipinski definition) is 0. The van der Waals surface area contributed by atoms with Gasteiger partial charge in [-0.3, -0.25) is 0 Å². The van der Waals surface area contributed by atoms with E-state index < -0.39 is 68.9 Å². The Balaban J connectivity index is 2.64. The van der Waals surface area contributed by atoms with Gasteiger partial charge in [0.15, 0.2) is 4.58 Å². The minimum Gasteiger partial charge on any atom is -0.359 e. The van der Waals surface area contributed by atoms with E-state index in [1.807, 2.05) is 6.92 Å². The zero-order valence-corrected chi connectivity index (χ0v) is 25.0. The average molecular weight is 631 g/mol. The Morgan fingerprint density at radius 2 is 0.950 bits per heavy atom. The summed E-state index contributed by atoms with van der Waals surface area (Å²) in [7, 11) is -21.4. The minimum absolute atomic E-state index is 0.0660. The molecule has 0 fully saturated rings. The molecule has 40 heavy (non-hydrogen) atoms. The van der Waals surface area contributed by atoms with Crippen LogP contribution in [0.2, 0.25) is 0 Å². The van der Waals surface area contributed by atoms with Crippen LogP contribution in [0.1, 0.15) is 58.3 Å². The standard InChI is InChI=1S/C24H30N4O8S4/c1-2-3-4-5-6-7-14-19-22(39(33,34)23(27-25)37(29,30)20-15-10-8-11-16-20)40(35,36)24(28-26)38(31,32)21-17-12-9-13-18-21/h8-13,15-18,22H,2-7,14,19H2,1H3. The zero-order chi connectivity index (χ0) is 30.0. The van der Waals surface area contributed by atoms with Crippen molar-refractivity contribution in [1.82, 2.24) is 0 Å². The molecule has 0 saturated carbocycles. The summed E-state index contributed by atoms with van der Waals surface area (Å²) < 4.78 is 100. The maximum atomic E-state index is 13.6. The van der Waals surface area contributed by atoms with Crippen molar-refractivity contribution >= 4 is 48.1 Å². The maximum absolute atomic E-state index is 13.6. The first kappa shape index (κ1) is 33.2. The molecule has 2 aromatic rings. The Morgan fingerprint density at radius 3 is 1.30 bits per heavy atom. The van der Waals surface area contributed by atoms with Gasteiger partial charge in [-0.25, -0.2) is 33.7 Å². The van der Waals surface area contributed by atoms with Crippen molar-refractivity contribution in [2.75, 3.05) is 0 Å². The quantitative estimate of drug-likeness (QED) is 0.111. The summed E-state index contributed by atoms with van der Waals surface area (Å²) in [6.07, 6.45) is 3.79. The first-order valence-corrected chi connectivity index (χ1v) is 18.4. The molecular formula is C24H30N4O8S4. The summed E-state index contributed by atoms with van der Waals surface area (Å²) in [6, 6.07) is 12.0. The topological polar surface area (TPSA) is 209 Å². The fourth-order valence-corrected chi connectivity index (χ4v) is 13.1. The monoisotopic (exact) mass is 630 g/mol. The number of sulfone groups is 4. The fraction of sp³-hybridized carbons (Fsp3) is 0.417. The lowest BCUT2D eigenvalue weighted by Crippen LogP contribution is -2.44. The van der Waals surface area contributed by atoms with Gasteiger partial charge in [-0.05, 0) is 30.7 Å². The zero-order valence-electron chi connectivity index (χ0n) is 21.7. The predicted octanol–water partition coefficient (Wildman–Crippen LogP) is 3.40. The number of hydrogen-bond acceptors (Lipinski definition) is 8. The van der Waals surface area contributed by atoms with Crippen LogP contribution in [0.5, 0.6) is 0 Å². The van der Waals surface area contributed by atoms with Crippen molar-refractivity contribution in [1.29, 1.82) is 0 Å². The molecule has 0 saturated heterocycles.